The molecule has 6 nitrogen and oxygen atoms in total. The van der Waals surface area contributed by atoms with E-state index in [2.05, 4.69) is 20.6 Å². The van der Waals surface area contributed by atoms with Gasteiger partial charge in [-0.1, -0.05) is 29.3 Å². The zero-order valence-corrected chi connectivity index (χ0v) is 20.1. The topological polar surface area (TPSA) is 67.8 Å². The fraction of sp³-hybridized carbons (Fsp3) is 0.400. The molecular weight excluding hydrogens is 526 g/mol. The predicted molar refractivity (Wildman–Crippen MR) is 128 cm³/mol. The highest BCUT2D eigenvalue weighted by Gasteiger charge is 2.15. The van der Waals surface area contributed by atoms with Crippen LogP contribution in [0.15, 0.2) is 35.5 Å². The first-order valence-corrected chi connectivity index (χ1v) is 10.1. The lowest BCUT2D eigenvalue weighted by Gasteiger charge is -2.13. The molecule has 1 aliphatic rings. The SMILES string of the molecule is CCNC(=NCc1cc(Cl)c2c(c1)OCCCO2)NCCc1ccc(Cl)nc1.I. The van der Waals surface area contributed by atoms with E-state index in [0.29, 0.717) is 41.4 Å². The van der Waals surface area contributed by atoms with E-state index in [0.717, 1.165) is 43.0 Å². The summed E-state index contributed by atoms with van der Waals surface area (Å²) in [6, 6.07) is 7.59. The van der Waals surface area contributed by atoms with Crippen LogP contribution < -0.4 is 20.1 Å². The molecule has 0 amide bonds. The van der Waals surface area contributed by atoms with E-state index in [1.54, 1.807) is 12.3 Å². The lowest BCUT2D eigenvalue weighted by molar-refractivity contribution is 0.297. The molecule has 0 fully saturated rings. The van der Waals surface area contributed by atoms with Gasteiger partial charge in [-0.25, -0.2) is 9.98 Å². The van der Waals surface area contributed by atoms with Crippen LogP contribution >= 0.6 is 47.2 Å². The predicted octanol–water partition coefficient (Wildman–Crippen LogP) is 4.47. The summed E-state index contributed by atoms with van der Waals surface area (Å²) >= 11 is 12.2. The molecule has 158 valence electrons. The molecule has 2 aromatic rings. The molecule has 2 N–H and O–H groups in total. The normalized spacial score (nSPS) is 13.3. The van der Waals surface area contributed by atoms with Crippen LogP contribution in [-0.2, 0) is 13.0 Å². The number of hydrogen-bond acceptors (Lipinski definition) is 4. The number of pyridine rings is 1. The minimum atomic E-state index is 0. The van der Waals surface area contributed by atoms with Gasteiger partial charge in [0.15, 0.2) is 17.5 Å². The van der Waals surface area contributed by atoms with Crippen molar-refractivity contribution < 1.29 is 9.47 Å². The molecule has 0 radical (unpaired) electrons. The Labute approximate surface area is 198 Å². The van der Waals surface area contributed by atoms with E-state index in [1.807, 2.05) is 25.1 Å². The van der Waals surface area contributed by atoms with Crippen LogP contribution in [0.3, 0.4) is 0 Å². The van der Waals surface area contributed by atoms with Gasteiger partial charge in [-0.2, -0.15) is 0 Å². The van der Waals surface area contributed by atoms with E-state index < -0.39 is 0 Å². The number of fused-ring (bicyclic) bond motifs is 1. The van der Waals surface area contributed by atoms with Gasteiger partial charge in [0.25, 0.3) is 0 Å². The molecule has 0 unspecified atom stereocenters. The lowest BCUT2D eigenvalue weighted by Crippen LogP contribution is -2.38. The van der Waals surface area contributed by atoms with Crippen molar-refractivity contribution >= 4 is 53.1 Å². The maximum Gasteiger partial charge on any atom is 0.191 e. The molecule has 3 rings (SSSR count). The third-order valence-corrected chi connectivity index (χ3v) is 4.63. The minimum absolute atomic E-state index is 0. The molecule has 9 heteroatoms. The first kappa shape index (κ1) is 23.8. The number of nitrogens with zero attached hydrogens (tertiary/aromatic N) is 2. The van der Waals surface area contributed by atoms with Crippen molar-refractivity contribution in [2.75, 3.05) is 26.3 Å². The van der Waals surface area contributed by atoms with Crippen LogP contribution in [0.2, 0.25) is 10.2 Å². The number of rotatable bonds is 6. The summed E-state index contributed by atoms with van der Waals surface area (Å²) in [5.41, 5.74) is 2.08. The van der Waals surface area contributed by atoms with Crippen molar-refractivity contribution in [2.24, 2.45) is 4.99 Å². The average molecular weight is 551 g/mol. The van der Waals surface area contributed by atoms with E-state index >= 15 is 0 Å². The van der Waals surface area contributed by atoms with Crippen molar-refractivity contribution in [2.45, 2.75) is 26.3 Å². The largest absolute Gasteiger partial charge is 0.489 e. The Morgan fingerprint density at radius 3 is 2.72 bits per heavy atom. The van der Waals surface area contributed by atoms with Gasteiger partial charge in [0.1, 0.15) is 5.15 Å². The van der Waals surface area contributed by atoms with Gasteiger partial charge in [-0.05, 0) is 42.7 Å². The molecular formula is C20H25Cl2IN4O2. The highest BCUT2D eigenvalue weighted by molar-refractivity contribution is 14.0. The smallest absolute Gasteiger partial charge is 0.191 e. The van der Waals surface area contributed by atoms with Gasteiger partial charge in [-0.15, -0.1) is 24.0 Å². The number of hydrogen-bond donors (Lipinski definition) is 2. The van der Waals surface area contributed by atoms with Gasteiger partial charge in [0.05, 0.1) is 24.8 Å². The molecule has 2 heterocycles. The zero-order valence-electron chi connectivity index (χ0n) is 16.2. The molecule has 1 aromatic heterocycles. The average Bonchev–Trinajstić information content (AvgIpc) is 2.93. The van der Waals surface area contributed by atoms with E-state index in [4.69, 9.17) is 32.7 Å². The second-order valence-corrected chi connectivity index (χ2v) is 7.11. The zero-order chi connectivity index (χ0) is 19.8. The van der Waals surface area contributed by atoms with Gasteiger partial charge in [-0.3, -0.25) is 0 Å². The summed E-state index contributed by atoms with van der Waals surface area (Å²) < 4.78 is 11.4. The Hall–Kier alpha value is -1.45. The van der Waals surface area contributed by atoms with Crippen LogP contribution in [0.5, 0.6) is 11.5 Å². The van der Waals surface area contributed by atoms with E-state index in [9.17, 15) is 0 Å². The summed E-state index contributed by atoms with van der Waals surface area (Å²) in [4.78, 5) is 8.74. The number of halogens is 3. The van der Waals surface area contributed by atoms with Gasteiger partial charge in [0, 0.05) is 25.7 Å². The molecule has 29 heavy (non-hydrogen) atoms. The lowest BCUT2D eigenvalue weighted by atomic mass is 10.2. The van der Waals surface area contributed by atoms with Crippen molar-refractivity contribution in [3.05, 3.63) is 51.8 Å². The number of aromatic nitrogens is 1. The maximum atomic E-state index is 6.36. The molecule has 0 spiro atoms. The fourth-order valence-corrected chi connectivity index (χ4v) is 3.17. The van der Waals surface area contributed by atoms with Crippen LogP contribution in [-0.4, -0.2) is 37.2 Å². The molecule has 0 saturated carbocycles. The van der Waals surface area contributed by atoms with Crippen molar-refractivity contribution in [1.82, 2.24) is 15.6 Å². The number of ether oxygens (including phenoxy) is 2. The quantitative estimate of drug-likeness (QED) is 0.240. The maximum absolute atomic E-state index is 6.36. The van der Waals surface area contributed by atoms with Crippen LogP contribution in [0, 0.1) is 0 Å². The number of benzene rings is 1. The highest BCUT2D eigenvalue weighted by Crippen LogP contribution is 2.38. The standard InChI is InChI=1S/C20H24Cl2N4O2.HI/c1-2-23-20(24-7-6-14-4-5-18(22)25-12-14)26-13-15-10-16(21)19-17(11-15)27-8-3-9-28-19;/h4-5,10-12H,2-3,6-9,13H2,1H3,(H2,23,24,26);1H. The van der Waals surface area contributed by atoms with Crippen LogP contribution in [0.25, 0.3) is 0 Å². The van der Waals surface area contributed by atoms with Crippen molar-refractivity contribution in [3.8, 4) is 11.5 Å². The van der Waals surface area contributed by atoms with E-state index in [-0.39, 0.29) is 24.0 Å². The second kappa shape index (κ2) is 12.3. The van der Waals surface area contributed by atoms with Gasteiger partial charge in [0.2, 0.25) is 0 Å². The van der Waals surface area contributed by atoms with Crippen molar-refractivity contribution in [3.63, 3.8) is 0 Å². The first-order valence-electron chi connectivity index (χ1n) is 9.36. The molecule has 0 saturated heterocycles. The van der Waals surface area contributed by atoms with Crippen LogP contribution in [0.1, 0.15) is 24.5 Å². The highest BCUT2D eigenvalue weighted by atomic mass is 127. The number of nitrogens with one attached hydrogen (secondary N) is 2. The molecule has 0 bridgehead atoms. The molecule has 1 aliphatic heterocycles. The van der Waals surface area contributed by atoms with Gasteiger partial charge < -0.3 is 20.1 Å². The third kappa shape index (κ3) is 7.38. The minimum Gasteiger partial charge on any atom is -0.489 e. The Morgan fingerprint density at radius 2 is 1.97 bits per heavy atom. The third-order valence-electron chi connectivity index (χ3n) is 4.12. The summed E-state index contributed by atoms with van der Waals surface area (Å²) in [7, 11) is 0. The molecule has 0 atom stereocenters. The Balaban J connectivity index is 0.00000300. The number of guanidine groups is 1. The van der Waals surface area contributed by atoms with Crippen molar-refractivity contribution in [1.29, 1.82) is 0 Å². The second-order valence-electron chi connectivity index (χ2n) is 6.32. The Morgan fingerprint density at radius 1 is 1.14 bits per heavy atom. The molecule has 0 aliphatic carbocycles. The number of aliphatic imine (C=N–C) groups is 1. The van der Waals surface area contributed by atoms with E-state index in [1.165, 1.54) is 0 Å². The van der Waals surface area contributed by atoms with Crippen LogP contribution in [0.4, 0.5) is 0 Å². The summed E-state index contributed by atoms with van der Waals surface area (Å²) in [6.45, 7) is 5.26. The summed E-state index contributed by atoms with van der Waals surface area (Å²) in [6.07, 6.45) is 3.45. The monoisotopic (exact) mass is 550 g/mol. The van der Waals surface area contributed by atoms with Gasteiger partial charge >= 0.3 is 0 Å². The molecule has 1 aromatic carbocycles. The summed E-state index contributed by atoms with van der Waals surface area (Å²) in [5.74, 6) is 2.05. The Bertz CT molecular complexity index is 819. The first-order chi connectivity index (χ1) is 13.7. The Kier molecular flexibility index (Phi) is 10.1. The summed E-state index contributed by atoms with van der Waals surface area (Å²) in [5, 5.41) is 7.63. The fourth-order valence-electron chi connectivity index (χ4n) is 2.77.